The van der Waals surface area contributed by atoms with Crippen molar-refractivity contribution in [1.82, 2.24) is 9.97 Å². The lowest BCUT2D eigenvalue weighted by Gasteiger charge is -1.99. The smallest absolute Gasteiger partial charge is 0.201 e. The third kappa shape index (κ3) is 2.41. The number of anilines is 1. The van der Waals surface area contributed by atoms with Crippen LogP contribution in [0.1, 0.15) is 5.76 Å². The fraction of sp³-hybridized carbons (Fsp3) is 0.154. The van der Waals surface area contributed by atoms with Gasteiger partial charge in [0.05, 0.1) is 11.0 Å². The quantitative estimate of drug-likeness (QED) is 0.774. The summed E-state index contributed by atoms with van der Waals surface area (Å²) in [5.41, 5.74) is 2.02. The second kappa shape index (κ2) is 4.86. The van der Waals surface area contributed by atoms with E-state index in [0.29, 0.717) is 0 Å². The van der Waals surface area contributed by atoms with Crippen LogP contribution in [-0.4, -0.2) is 16.5 Å². The number of aromatic nitrogens is 2. The lowest BCUT2D eigenvalue weighted by Crippen LogP contribution is -2.05. The van der Waals surface area contributed by atoms with Crippen molar-refractivity contribution < 1.29 is 4.42 Å². The van der Waals surface area contributed by atoms with Crippen molar-refractivity contribution in [2.75, 3.05) is 11.9 Å². The number of rotatable bonds is 4. The third-order valence-corrected chi connectivity index (χ3v) is 3.11. The summed E-state index contributed by atoms with van der Waals surface area (Å²) in [7, 11) is 0. The van der Waals surface area contributed by atoms with E-state index in [2.05, 4.69) is 31.2 Å². The second-order valence-electron chi connectivity index (χ2n) is 3.99. The zero-order valence-corrected chi connectivity index (χ0v) is 11.2. The number of H-pyrrole nitrogens is 1. The summed E-state index contributed by atoms with van der Waals surface area (Å²) < 4.78 is 6.19. The summed E-state index contributed by atoms with van der Waals surface area (Å²) in [6, 6.07) is 11.8. The first kappa shape index (κ1) is 11.3. The highest BCUT2D eigenvalue weighted by molar-refractivity contribution is 9.10. The van der Waals surface area contributed by atoms with Crippen LogP contribution in [0.5, 0.6) is 0 Å². The van der Waals surface area contributed by atoms with Gasteiger partial charge in [0.15, 0.2) is 4.67 Å². The molecule has 18 heavy (non-hydrogen) atoms. The molecule has 5 heteroatoms. The number of furan rings is 1. The molecule has 0 saturated carbocycles. The zero-order chi connectivity index (χ0) is 12.4. The molecule has 2 heterocycles. The fourth-order valence-electron chi connectivity index (χ4n) is 1.83. The average Bonchev–Trinajstić information content (AvgIpc) is 2.95. The van der Waals surface area contributed by atoms with Crippen molar-refractivity contribution in [2.24, 2.45) is 0 Å². The van der Waals surface area contributed by atoms with Crippen LogP contribution in [0.3, 0.4) is 0 Å². The van der Waals surface area contributed by atoms with E-state index in [-0.39, 0.29) is 0 Å². The van der Waals surface area contributed by atoms with Crippen LogP contribution in [0.4, 0.5) is 5.95 Å². The van der Waals surface area contributed by atoms with E-state index in [9.17, 15) is 0 Å². The number of nitrogens with one attached hydrogen (secondary N) is 2. The predicted octanol–water partition coefficient (Wildman–Crippen LogP) is 3.57. The van der Waals surface area contributed by atoms with E-state index in [0.717, 1.165) is 40.4 Å². The Hall–Kier alpha value is -1.75. The lowest BCUT2D eigenvalue weighted by atomic mass is 10.3. The number of hydrogen-bond acceptors (Lipinski definition) is 3. The molecule has 0 bridgehead atoms. The molecule has 0 aliphatic heterocycles. The number of imidazole rings is 1. The highest BCUT2D eigenvalue weighted by atomic mass is 79.9. The van der Waals surface area contributed by atoms with Gasteiger partial charge in [-0.15, -0.1) is 0 Å². The van der Waals surface area contributed by atoms with Gasteiger partial charge in [-0.3, -0.25) is 0 Å². The Morgan fingerprint density at radius 2 is 2.11 bits per heavy atom. The van der Waals surface area contributed by atoms with Gasteiger partial charge in [-0.1, -0.05) is 12.1 Å². The first-order valence-electron chi connectivity index (χ1n) is 5.74. The van der Waals surface area contributed by atoms with E-state index < -0.39 is 0 Å². The van der Waals surface area contributed by atoms with Crippen molar-refractivity contribution >= 4 is 32.9 Å². The maximum absolute atomic E-state index is 5.43. The molecule has 0 unspecified atom stereocenters. The van der Waals surface area contributed by atoms with Crippen molar-refractivity contribution in [3.05, 3.63) is 46.8 Å². The summed E-state index contributed by atoms with van der Waals surface area (Å²) in [5, 5.41) is 3.25. The van der Waals surface area contributed by atoms with Crippen molar-refractivity contribution in [3.8, 4) is 0 Å². The van der Waals surface area contributed by atoms with Gasteiger partial charge in [-0.25, -0.2) is 4.98 Å². The molecule has 1 aromatic carbocycles. The Balaban J connectivity index is 1.62. The minimum Gasteiger partial charge on any atom is -0.454 e. The number of hydrogen-bond donors (Lipinski definition) is 2. The summed E-state index contributed by atoms with van der Waals surface area (Å²) in [6.07, 6.45) is 0.822. The summed E-state index contributed by atoms with van der Waals surface area (Å²) >= 11 is 3.29. The molecule has 0 aliphatic rings. The molecule has 92 valence electrons. The zero-order valence-electron chi connectivity index (χ0n) is 9.61. The number of fused-ring (bicyclic) bond motifs is 1. The van der Waals surface area contributed by atoms with E-state index in [4.69, 9.17) is 4.42 Å². The Labute approximate surface area is 113 Å². The monoisotopic (exact) mass is 305 g/mol. The number of benzene rings is 1. The molecule has 3 aromatic rings. The van der Waals surface area contributed by atoms with Gasteiger partial charge in [0.25, 0.3) is 0 Å². The predicted molar refractivity (Wildman–Crippen MR) is 74.7 cm³/mol. The van der Waals surface area contributed by atoms with Crippen molar-refractivity contribution in [2.45, 2.75) is 6.42 Å². The van der Waals surface area contributed by atoms with Gasteiger partial charge in [-0.2, -0.15) is 0 Å². The molecule has 0 amide bonds. The maximum atomic E-state index is 5.43. The van der Waals surface area contributed by atoms with Crippen LogP contribution in [0.25, 0.3) is 11.0 Å². The summed E-state index contributed by atoms with van der Waals surface area (Å²) in [4.78, 5) is 7.67. The highest BCUT2D eigenvalue weighted by Gasteiger charge is 2.02. The number of halogens is 1. The molecular weight excluding hydrogens is 294 g/mol. The largest absolute Gasteiger partial charge is 0.454 e. The van der Waals surface area contributed by atoms with E-state index >= 15 is 0 Å². The molecule has 4 nitrogen and oxygen atoms in total. The summed E-state index contributed by atoms with van der Waals surface area (Å²) in [6.45, 7) is 0.778. The number of aromatic amines is 1. The van der Waals surface area contributed by atoms with Gasteiger partial charge in [0.1, 0.15) is 5.76 Å². The normalized spacial score (nSPS) is 10.9. The molecule has 2 aromatic heterocycles. The Kier molecular flexibility index (Phi) is 3.06. The fourth-order valence-corrected chi connectivity index (χ4v) is 2.17. The van der Waals surface area contributed by atoms with Gasteiger partial charge >= 0.3 is 0 Å². The Morgan fingerprint density at radius 3 is 2.89 bits per heavy atom. The highest BCUT2D eigenvalue weighted by Crippen LogP contribution is 2.15. The van der Waals surface area contributed by atoms with Crippen LogP contribution in [0.2, 0.25) is 0 Å². The van der Waals surface area contributed by atoms with Gasteiger partial charge in [-0.05, 0) is 40.2 Å². The standard InChI is InChI=1S/C13H12BrN3O/c14-12-6-5-9(18-12)7-8-15-13-16-10-3-1-2-4-11(10)17-13/h1-6H,7-8H2,(H2,15,16,17). The molecule has 0 spiro atoms. The molecule has 0 aliphatic carbocycles. The van der Waals surface area contributed by atoms with Crippen LogP contribution in [0, 0.1) is 0 Å². The SMILES string of the molecule is Brc1ccc(CCNc2nc3ccccc3[nH]2)o1. The van der Waals surface area contributed by atoms with Crippen LogP contribution >= 0.6 is 15.9 Å². The molecule has 0 atom stereocenters. The first-order chi connectivity index (χ1) is 8.81. The molecule has 0 saturated heterocycles. The minimum absolute atomic E-state index is 0.765. The van der Waals surface area contributed by atoms with E-state index in [1.165, 1.54) is 0 Å². The topological polar surface area (TPSA) is 53.9 Å². The van der Waals surface area contributed by atoms with Crippen molar-refractivity contribution in [3.63, 3.8) is 0 Å². The minimum atomic E-state index is 0.765. The molecule has 3 rings (SSSR count). The Morgan fingerprint density at radius 1 is 1.22 bits per heavy atom. The molecular formula is C13H12BrN3O. The van der Waals surface area contributed by atoms with Crippen LogP contribution < -0.4 is 5.32 Å². The molecule has 0 radical (unpaired) electrons. The van der Waals surface area contributed by atoms with Crippen molar-refractivity contribution in [1.29, 1.82) is 0 Å². The summed E-state index contributed by atoms with van der Waals surface area (Å²) in [5.74, 6) is 1.74. The second-order valence-corrected chi connectivity index (χ2v) is 4.77. The van der Waals surface area contributed by atoms with E-state index in [1.54, 1.807) is 0 Å². The van der Waals surface area contributed by atoms with Gasteiger partial charge < -0.3 is 14.7 Å². The Bertz CT molecular complexity index is 626. The van der Waals surface area contributed by atoms with E-state index in [1.807, 2.05) is 36.4 Å². The number of para-hydroxylation sites is 2. The third-order valence-electron chi connectivity index (χ3n) is 2.68. The van der Waals surface area contributed by atoms with Gasteiger partial charge in [0, 0.05) is 13.0 Å². The van der Waals surface area contributed by atoms with Crippen LogP contribution in [-0.2, 0) is 6.42 Å². The van der Waals surface area contributed by atoms with Gasteiger partial charge in [0.2, 0.25) is 5.95 Å². The number of nitrogens with zero attached hydrogens (tertiary/aromatic N) is 1. The molecule has 2 N–H and O–H groups in total. The lowest BCUT2D eigenvalue weighted by molar-refractivity contribution is 0.491. The first-order valence-corrected chi connectivity index (χ1v) is 6.53. The van der Waals surface area contributed by atoms with Crippen LogP contribution in [0.15, 0.2) is 45.5 Å². The maximum Gasteiger partial charge on any atom is 0.201 e. The molecule has 0 fully saturated rings. The average molecular weight is 306 g/mol.